The van der Waals surface area contributed by atoms with Gasteiger partial charge in [0.15, 0.2) is 0 Å². The predicted molar refractivity (Wildman–Crippen MR) is 136 cm³/mol. The monoisotopic (exact) mass is 540 g/mol. The van der Waals surface area contributed by atoms with Crippen LogP contribution in [0.25, 0.3) is 5.52 Å². The van der Waals surface area contributed by atoms with Crippen LogP contribution in [0.1, 0.15) is 44.7 Å². The molecule has 1 unspecified atom stereocenters. The van der Waals surface area contributed by atoms with Gasteiger partial charge >= 0.3 is 6.18 Å². The maximum atomic E-state index is 13.5. The normalized spacial score (nSPS) is 20.6. The van der Waals surface area contributed by atoms with Gasteiger partial charge in [0.1, 0.15) is 17.8 Å². The average molecular weight is 541 g/mol. The number of hydrogen-bond acceptors (Lipinski definition) is 4. The first-order chi connectivity index (χ1) is 17.5. The molecule has 2 atom stereocenters. The highest BCUT2D eigenvalue weighted by molar-refractivity contribution is 6.31. The number of alkyl halides is 3. The van der Waals surface area contributed by atoms with Gasteiger partial charge in [0.05, 0.1) is 18.7 Å². The Balaban J connectivity index is 1.48. The van der Waals surface area contributed by atoms with Crippen molar-refractivity contribution in [1.82, 2.24) is 19.2 Å². The van der Waals surface area contributed by atoms with E-state index in [9.17, 15) is 22.8 Å². The summed E-state index contributed by atoms with van der Waals surface area (Å²) in [5.74, 6) is -1.20. The molecule has 3 heterocycles. The molecule has 37 heavy (non-hydrogen) atoms. The number of ether oxygens (including phenoxy) is 1. The van der Waals surface area contributed by atoms with Gasteiger partial charge in [-0.3, -0.25) is 14.2 Å². The molecule has 1 saturated heterocycles. The van der Waals surface area contributed by atoms with Gasteiger partial charge in [0.25, 0.3) is 5.56 Å². The van der Waals surface area contributed by atoms with E-state index in [1.54, 1.807) is 22.7 Å². The molecule has 2 aliphatic rings. The largest absolute Gasteiger partial charge is 0.492 e. The number of aromatic nitrogens is 2. The van der Waals surface area contributed by atoms with Crippen LogP contribution in [0.4, 0.5) is 13.2 Å². The summed E-state index contributed by atoms with van der Waals surface area (Å²) in [5, 5.41) is 3.39. The standard InChI is InChI=1S/C26H32ClF3N4O3/c1-17(2)31-24(35)16-34-23(18-5-3-6-20(27)11-18)15-33-14-21(12-22(33)25(34)36)37-10-4-8-32-9-7-19(13-32)26(28,29)30/h3,6,11-12,14-15,17-19H,4-5,7-10,13,16H2,1-2H3,(H,31,35)/t18?,19-/m1/s1. The van der Waals surface area contributed by atoms with E-state index in [2.05, 4.69) is 5.32 Å². The third kappa shape index (κ3) is 6.78. The molecule has 2 aromatic heterocycles. The molecule has 11 heteroatoms. The molecule has 202 valence electrons. The maximum absolute atomic E-state index is 13.5. The Bertz CT molecular complexity index is 1250. The molecule has 1 fully saturated rings. The molecular weight excluding hydrogens is 509 g/mol. The molecule has 0 aromatic carbocycles. The Morgan fingerprint density at radius 2 is 2.08 bits per heavy atom. The SMILES string of the molecule is CC(C)NC(=O)Cn1c(C2C=C(Cl)C=CC2)cn2cc(OCCCN3CC[C@@H](C(F)(F)F)C3)cc2c1=O. The summed E-state index contributed by atoms with van der Waals surface area (Å²) < 4.78 is 47.7. The molecule has 1 aliphatic heterocycles. The van der Waals surface area contributed by atoms with Crippen LogP contribution >= 0.6 is 11.6 Å². The van der Waals surface area contributed by atoms with Crippen LogP contribution in [0.2, 0.25) is 0 Å². The molecule has 4 rings (SSSR count). The number of nitrogens with one attached hydrogen (secondary N) is 1. The highest BCUT2D eigenvalue weighted by atomic mass is 35.5. The van der Waals surface area contributed by atoms with Crippen LogP contribution in [0.5, 0.6) is 5.75 Å². The van der Waals surface area contributed by atoms with Crippen molar-refractivity contribution in [2.24, 2.45) is 5.92 Å². The first kappa shape index (κ1) is 27.3. The molecule has 2 aromatic rings. The molecule has 1 aliphatic carbocycles. The number of rotatable bonds is 9. The lowest BCUT2D eigenvalue weighted by Crippen LogP contribution is -2.37. The number of amides is 1. The van der Waals surface area contributed by atoms with E-state index < -0.39 is 12.1 Å². The topological polar surface area (TPSA) is 68.0 Å². The van der Waals surface area contributed by atoms with Crippen molar-refractivity contribution in [3.05, 3.63) is 57.8 Å². The second-order valence-corrected chi connectivity index (χ2v) is 10.4. The second-order valence-electron chi connectivity index (χ2n) is 9.96. The lowest BCUT2D eigenvalue weighted by Gasteiger charge is -2.21. The molecule has 7 nitrogen and oxygen atoms in total. The van der Waals surface area contributed by atoms with Gasteiger partial charge in [-0.15, -0.1) is 0 Å². The molecule has 0 saturated carbocycles. The Morgan fingerprint density at radius 3 is 2.76 bits per heavy atom. The Hall–Kier alpha value is -2.72. The lowest BCUT2D eigenvalue weighted by atomic mass is 9.97. The van der Waals surface area contributed by atoms with E-state index in [-0.39, 0.29) is 42.9 Å². The first-order valence-corrected chi connectivity index (χ1v) is 12.9. The van der Waals surface area contributed by atoms with Crippen LogP contribution in [0.15, 0.2) is 46.5 Å². The number of fused-ring (bicyclic) bond motifs is 1. The Kier molecular flexibility index (Phi) is 8.38. The zero-order valence-electron chi connectivity index (χ0n) is 20.9. The molecule has 0 bridgehead atoms. The maximum Gasteiger partial charge on any atom is 0.393 e. The van der Waals surface area contributed by atoms with Gasteiger partial charge in [-0.05, 0) is 45.7 Å². The minimum Gasteiger partial charge on any atom is -0.492 e. The first-order valence-electron chi connectivity index (χ1n) is 12.5. The van der Waals surface area contributed by atoms with E-state index in [1.165, 1.54) is 4.57 Å². The van der Waals surface area contributed by atoms with Crippen LogP contribution in [-0.4, -0.2) is 58.2 Å². The molecular formula is C26H32ClF3N4O3. The van der Waals surface area contributed by atoms with Gasteiger partial charge in [0, 0.05) is 48.0 Å². The Morgan fingerprint density at radius 1 is 1.30 bits per heavy atom. The van der Waals surface area contributed by atoms with E-state index in [0.717, 1.165) is 0 Å². The van der Waals surface area contributed by atoms with Crippen LogP contribution in [-0.2, 0) is 11.3 Å². The summed E-state index contributed by atoms with van der Waals surface area (Å²) in [5.41, 5.74) is 0.708. The lowest BCUT2D eigenvalue weighted by molar-refractivity contribution is -0.170. The third-order valence-electron chi connectivity index (χ3n) is 6.65. The van der Waals surface area contributed by atoms with Crippen LogP contribution in [0, 0.1) is 5.92 Å². The van der Waals surface area contributed by atoms with Gasteiger partial charge in [-0.2, -0.15) is 13.2 Å². The van der Waals surface area contributed by atoms with Crippen LogP contribution < -0.4 is 15.6 Å². The number of likely N-dealkylation sites (tertiary alicyclic amines) is 1. The second kappa shape index (κ2) is 11.3. The van der Waals surface area contributed by atoms with Gasteiger partial charge < -0.3 is 19.4 Å². The van der Waals surface area contributed by atoms with Crippen molar-refractivity contribution < 1.29 is 22.7 Å². The van der Waals surface area contributed by atoms with Crippen LogP contribution in [0.3, 0.4) is 0 Å². The van der Waals surface area contributed by atoms with E-state index in [4.69, 9.17) is 16.3 Å². The van der Waals surface area contributed by atoms with Gasteiger partial charge in [0.2, 0.25) is 5.91 Å². The van der Waals surface area contributed by atoms with Crippen molar-refractivity contribution in [3.8, 4) is 5.75 Å². The summed E-state index contributed by atoms with van der Waals surface area (Å²) in [4.78, 5) is 27.8. The summed E-state index contributed by atoms with van der Waals surface area (Å²) in [6, 6.07) is 1.57. The average Bonchev–Trinajstić information content (AvgIpc) is 3.45. The zero-order valence-corrected chi connectivity index (χ0v) is 21.7. The van der Waals surface area contributed by atoms with E-state index >= 15 is 0 Å². The van der Waals surface area contributed by atoms with Crippen molar-refractivity contribution in [3.63, 3.8) is 0 Å². The quantitative estimate of drug-likeness (QED) is 0.477. The number of carbonyl (C=O) groups is 1. The van der Waals surface area contributed by atoms with Gasteiger partial charge in [-0.25, -0.2) is 0 Å². The fourth-order valence-electron chi connectivity index (χ4n) is 4.88. The summed E-state index contributed by atoms with van der Waals surface area (Å²) in [6.07, 6.45) is 6.32. The number of allylic oxidation sites excluding steroid dienone is 4. The number of halogens is 4. The van der Waals surface area contributed by atoms with Crippen molar-refractivity contribution >= 4 is 23.0 Å². The fourth-order valence-corrected chi connectivity index (χ4v) is 5.12. The predicted octanol–water partition coefficient (Wildman–Crippen LogP) is 4.44. The fraction of sp³-hybridized carbons (Fsp3) is 0.538. The summed E-state index contributed by atoms with van der Waals surface area (Å²) in [6.45, 7) is 4.88. The van der Waals surface area contributed by atoms with Crippen molar-refractivity contribution in [2.75, 3.05) is 26.2 Å². The van der Waals surface area contributed by atoms with Crippen molar-refractivity contribution in [2.45, 2.75) is 57.8 Å². The number of carbonyl (C=O) groups excluding carboxylic acids is 1. The van der Waals surface area contributed by atoms with Gasteiger partial charge in [-0.1, -0.05) is 23.8 Å². The van der Waals surface area contributed by atoms with E-state index in [1.807, 2.05) is 37.1 Å². The molecule has 0 radical (unpaired) electrons. The third-order valence-corrected chi connectivity index (χ3v) is 6.90. The molecule has 1 amide bonds. The molecule has 1 N–H and O–H groups in total. The number of hydrogen-bond donors (Lipinski definition) is 1. The minimum absolute atomic E-state index is 0.0289. The van der Waals surface area contributed by atoms with E-state index in [0.29, 0.717) is 54.5 Å². The molecule has 0 spiro atoms. The highest BCUT2D eigenvalue weighted by Gasteiger charge is 2.43. The van der Waals surface area contributed by atoms with Crippen molar-refractivity contribution in [1.29, 1.82) is 0 Å². The summed E-state index contributed by atoms with van der Waals surface area (Å²) in [7, 11) is 0. The highest BCUT2D eigenvalue weighted by Crippen LogP contribution is 2.33. The number of nitrogens with zero attached hydrogens (tertiary/aromatic N) is 3. The zero-order chi connectivity index (χ0) is 26.7. The smallest absolute Gasteiger partial charge is 0.393 e. The summed E-state index contributed by atoms with van der Waals surface area (Å²) >= 11 is 6.22. The minimum atomic E-state index is -4.14. The Labute approximate surface area is 218 Å².